The summed E-state index contributed by atoms with van der Waals surface area (Å²) in [6, 6.07) is 6.82. The molecule has 0 aliphatic carbocycles. The van der Waals surface area contributed by atoms with Gasteiger partial charge in [-0.05, 0) is 24.7 Å². The molecule has 1 aliphatic heterocycles. The Morgan fingerprint density at radius 1 is 1.58 bits per heavy atom. The molecule has 1 aliphatic rings. The molecule has 1 aromatic carbocycles. The lowest BCUT2D eigenvalue weighted by molar-refractivity contribution is 0.648. The minimum Gasteiger partial charge on any atom is -0.383 e. The van der Waals surface area contributed by atoms with Crippen molar-refractivity contribution in [3.8, 4) is 0 Å². The number of fused-ring (bicyclic) bond motifs is 1. The standard InChI is InChI=1S/C9H11BrN2/c1-11-9-5-12-8-4-6(10)2-3-7(8)9/h2-4,9,11-12H,5H2,1H3. The first-order valence-corrected chi connectivity index (χ1v) is 4.81. The first-order valence-electron chi connectivity index (χ1n) is 4.02. The lowest BCUT2D eigenvalue weighted by Crippen LogP contribution is -2.17. The second-order valence-electron chi connectivity index (χ2n) is 2.95. The molecule has 0 amide bonds. The summed E-state index contributed by atoms with van der Waals surface area (Å²) in [4.78, 5) is 0. The molecule has 0 radical (unpaired) electrons. The zero-order valence-electron chi connectivity index (χ0n) is 6.89. The smallest absolute Gasteiger partial charge is 0.0513 e. The van der Waals surface area contributed by atoms with Crippen LogP contribution in [0, 0.1) is 0 Å². The van der Waals surface area contributed by atoms with Gasteiger partial charge in [0.2, 0.25) is 0 Å². The largest absolute Gasteiger partial charge is 0.383 e. The molecule has 1 unspecified atom stereocenters. The van der Waals surface area contributed by atoms with Gasteiger partial charge in [-0.15, -0.1) is 0 Å². The molecule has 2 N–H and O–H groups in total. The van der Waals surface area contributed by atoms with Crippen LogP contribution in [-0.4, -0.2) is 13.6 Å². The molecular formula is C9H11BrN2. The van der Waals surface area contributed by atoms with Crippen LogP contribution in [0.1, 0.15) is 11.6 Å². The van der Waals surface area contributed by atoms with Crippen molar-refractivity contribution in [1.29, 1.82) is 0 Å². The van der Waals surface area contributed by atoms with Gasteiger partial charge in [-0.2, -0.15) is 0 Å². The molecule has 0 saturated carbocycles. The molecule has 0 spiro atoms. The van der Waals surface area contributed by atoms with E-state index in [0.29, 0.717) is 6.04 Å². The van der Waals surface area contributed by atoms with Gasteiger partial charge in [0.15, 0.2) is 0 Å². The number of nitrogens with one attached hydrogen (secondary N) is 2. The number of likely N-dealkylation sites (N-methyl/N-ethyl adjacent to an activating group) is 1. The summed E-state index contributed by atoms with van der Waals surface area (Å²) in [7, 11) is 1.99. The Hall–Kier alpha value is -0.540. The number of benzene rings is 1. The van der Waals surface area contributed by atoms with Gasteiger partial charge >= 0.3 is 0 Å². The van der Waals surface area contributed by atoms with E-state index in [9.17, 15) is 0 Å². The summed E-state index contributed by atoms with van der Waals surface area (Å²) < 4.78 is 1.13. The fourth-order valence-corrected chi connectivity index (χ4v) is 1.93. The minimum absolute atomic E-state index is 0.466. The van der Waals surface area contributed by atoms with Crippen LogP contribution in [0.3, 0.4) is 0 Å². The summed E-state index contributed by atoms with van der Waals surface area (Å²) in [6.07, 6.45) is 0. The highest BCUT2D eigenvalue weighted by Crippen LogP contribution is 2.31. The van der Waals surface area contributed by atoms with Crippen molar-refractivity contribution in [2.24, 2.45) is 0 Å². The average Bonchev–Trinajstić information content (AvgIpc) is 2.46. The third kappa shape index (κ3) is 1.23. The quantitative estimate of drug-likeness (QED) is 0.767. The molecule has 64 valence electrons. The van der Waals surface area contributed by atoms with Gasteiger partial charge in [-0.25, -0.2) is 0 Å². The highest BCUT2D eigenvalue weighted by atomic mass is 79.9. The van der Waals surface area contributed by atoms with Crippen molar-refractivity contribution < 1.29 is 0 Å². The fourth-order valence-electron chi connectivity index (χ4n) is 1.56. The predicted molar refractivity (Wildman–Crippen MR) is 54.4 cm³/mol. The zero-order valence-corrected chi connectivity index (χ0v) is 8.48. The summed E-state index contributed by atoms with van der Waals surface area (Å²) >= 11 is 3.45. The van der Waals surface area contributed by atoms with Crippen molar-refractivity contribution >= 4 is 21.6 Å². The summed E-state index contributed by atoms with van der Waals surface area (Å²) in [5, 5.41) is 6.61. The Kier molecular flexibility index (Phi) is 2.07. The Morgan fingerprint density at radius 2 is 2.42 bits per heavy atom. The van der Waals surface area contributed by atoms with Gasteiger partial charge < -0.3 is 10.6 Å². The van der Waals surface area contributed by atoms with Crippen LogP contribution in [0.15, 0.2) is 22.7 Å². The van der Waals surface area contributed by atoms with Crippen LogP contribution >= 0.6 is 15.9 Å². The monoisotopic (exact) mass is 226 g/mol. The number of rotatable bonds is 1. The highest BCUT2D eigenvalue weighted by Gasteiger charge is 2.19. The van der Waals surface area contributed by atoms with E-state index in [0.717, 1.165) is 11.0 Å². The molecule has 3 heteroatoms. The SMILES string of the molecule is CNC1CNc2cc(Br)ccc21. The van der Waals surface area contributed by atoms with E-state index >= 15 is 0 Å². The Bertz CT molecular complexity index is 299. The first kappa shape index (κ1) is 8.08. The lowest BCUT2D eigenvalue weighted by atomic mass is 10.1. The van der Waals surface area contributed by atoms with Crippen LogP contribution in [0.2, 0.25) is 0 Å². The van der Waals surface area contributed by atoms with Crippen LogP contribution in [0.5, 0.6) is 0 Å². The van der Waals surface area contributed by atoms with E-state index in [1.165, 1.54) is 11.3 Å². The minimum atomic E-state index is 0.466. The van der Waals surface area contributed by atoms with Gasteiger partial charge in [-0.3, -0.25) is 0 Å². The van der Waals surface area contributed by atoms with Crippen molar-refractivity contribution in [3.63, 3.8) is 0 Å². The van der Waals surface area contributed by atoms with Gasteiger partial charge in [0, 0.05) is 16.7 Å². The Labute approximate surface area is 80.5 Å². The summed E-state index contributed by atoms with van der Waals surface area (Å²) in [5.41, 5.74) is 2.60. The van der Waals surface area contributed by atoms with Crippen molar-refractivity contribution in [2.75, 3.05) is 18.9 Å². The van der Waals surface area contributed by atoms with Gasteiger partial charge in [0.05, 0.1) is 6.04 Å². The van der Waals surface area contributed by atoms with Crippen LogP contribution in [0.4, 0.5) is 5.69 Å². The van der Waals surface area contributed by atoms with E-state index in [2.05, 4.69) is 44.8 Å². The molecule has 2 nitrogen and oxygen atoms in total. The van der Waals surface area contributed by atoms with Crippen molar-refractivity contribution in [2.45, 2.75) is 6.04 Å². The van der Waals surface area contributed by atoms with Crippen LogP contribution in [0.25, 0.3) is 0 Å². The lowest BCUT2D eigenvalue weighted by Gasteiger charge is -2.07. The summed E-state index contributed by atoms with van der Waals surface area (Å²) in [5.74, 6) is 0. The van der Waals surface area contributed by atoms with Gasteiger partial charge in [0.1, 0.15) is 0 Å². The maximum Gasteiger partial charge on any atom is 0.0513 e. The number of hydrogen-bond acceptors (Lipinski definition) is 2. The maximum absolute atomic E-state index is 3.45. The molecule has 12 heavy (non-hydrogen) atoms. The zero-order chi connectivity index (χ0) is 8.55. The van der Waals surface area contributed by atoms with E-state index in [-0.39, 0.29) is 0 Å². The van der Waals surface area contributed by atoms with E-state index in [1.807, 2.05) is 7.05 Å². The predicted octanol–water partition coefficient (Wildman–Crippen LogP) is 2.14. The topological polar surface area (TPSA) is 24.1 Å². The molecule has 0 saturated heterocycles. The van der Waals surface area contributed by atoms with E-state index in [1.54, 1.807) is 0 Å². The maximum atomic E-state index is 3.45. The van der Waals surface area contributed by atoms with Crippen LogP contribution < -0.4 is 10.6 Å². The fraction of sp³-hybridized carbons (Fsp3) is 0.333. The number of hydrogen-bond donors (Lipinski definition) is 2. The van der Waals surface area contributed by atoms with Crippen LogP contribution in [-0.2, 0) is 0 Å². The normalized spacial score (nSPS) is 20.3. The third-order valence-electron chi connectivity index (χ3n) is 2.24. The second kappa shape index (κ2) is 3.07. The van der Waals surface area contributed by atoms with Crippen molar-refractivity contribution in [3.05, 3.63) is 28.2 Å². The molecule has 2 rings (SSSR count). The van der Waals surface area contributed by atoms with Gasteiger partial charge in [0.25, 0.3) is 0 Å². The molecule has 0 bridgehead atoms. The molecule has 1 atom stereocenters. The molecular weight excluding hydrogens is 216 g/mol. The van der Waals surface area contributed by atoms with E-state index < -0.39 is 0 Å². The van der Waals surface area contributed by atoms with E-state index in [4.69, 9.17) is 0 Å². The third-order valence-corrected chi connectivity index (χ3v) is 2.73. The molecule has 0 fully saturated rings. The highest BCUT2D eigenvalue weighted by molar-refractivity contribution is 9.10. The Morgan fingerprint density at radius 3 is 3.17 bits per heavy atom. The number of anilines is 1. The molecule has 1 heterocycles. The number of halogens is 1. The molecule has 1 aromatic rings. The first-order chi connectivity index (χ1) is 5.81. The van der Waals surface area contributed by atoms with Gasteiger partial charge in [-0.1, -0.05) is 22.0 Å². The average molecular weight is 227 g/mol. The van der Waals surface area contributed by atoms with Crippen molar-refractivity contribution in [1.82, 2.24) is 5.32 Å². The summed E-state index contributed by atoms with van der Waals surface area (Å²) in [6.45, 7) is 0.988. The second-order valence-corrected chi connectivity index (χ2v) is 3.87. The molecule has 0 aromatic heterocycles. The Balaban J connectivity index is 2.40.